The van der Waals surface area contributed by atoms with Gasteiger partial charge in [-0.25, -0.2) is 0 Å². The van der Waals surface area contributed by atoms with Gasteiger partial charge in [0.15, 0.2) is 0 Å². The molecule has 1 aliphatic heterocycles. The van der Waals surface area contributed by atoms with Gasteiger partial charge >= 0.3 is 12.1 Å². The highest BCUT2D eigenvalue weighted by atomic mass is 19.4. The van der Waals surface area contributed by atoms with E-state index in [1.54, 1.807) is 0 Å². The molecule has 1 heterocycles. The van der Waals surface area contributed by atoms with Crippen LogP contribution in [-0.2, 0) is 4.79 Å². The first-order valence-corrected chi connectivity index (χ1v) is 6.74. The van der Waals surface area contributed by atoms with Crippen molar-refractivity contribution in [2.75, 3.05) is 13.1 Å². The van der Waals surface area contributed by atoms with E-state index in [1.807, 2.05) is 0 Å². The van der Waals surface area contributed by atoms with Crippen LogP contribution in [0.15, 0.2) is 0 Å². The average Bonchev–Trinajstić information content (AvgIpc) is 2.49. The van der Waals surface area contributed by atoms with Gasteiger partial charge in [0.1, 0.15) is 6.04 Å². The molecule has 0 aromatic carbocycles. The van der Waals surface area contributed by atoms with Crippen LogP contribution in [0.3, 0.4) is 0 Å². The summed E-state index contributed by atoms with van der Waals surface area (Å²) in [5.74, 6) is -0.501. The second kappa shape index (κ2) is 6.59. The molecule has 3 nitrogen and oxygen atoms in total. The molecule has 0 aromatic heterocycles. The minimum Gasteiger partial charge on any atom is -0.481 e. The van der Waals surface area contributed by atoms with Crippen molar-refractivity contribution in [1.82, 2.24) is 4.90 Å². The van der Waals surface area contributed by atoms with E-state index in [4.69, 9.17) is 5.11 Å². The fourth-order valence-corrected chi connectivity index (χ4v) is 2.74. The third kappa shape index (κ3) is 5.01. The lowest BCUT2D eigenvalue weighted by molar-refractivity contribution is -0.190. The molecule has 1 saturated heterocycles. The van der Waals surface area contributed by atoms with Crippen LogP contribution in [0.25, 0.3) is 0 Å². The Kier molecular flexibility index (Phi) is 5.64. The van der Waals surface area contributed by atoms with Crippen LogP contribution < -0.4 is 0 Å². The molecule has 6 heteroatoms. The highest BCUT2D eigenvalue weighted by Gasteiger charge is 2.45. The molecule has 0 spiro atoms. The number of rotatable bonds is 4. The minimum atomic E-state index is -4.48. The van der Waals surface area contributed by atoms with Gasteiger partial charge in [0.2, 0.25) is 0 Å². The van der Waals surface area contributed by atoms with Gasteiger partial charge in [0.05, 0.1) is 6.42 Å². The van der Waals surface area contributed by atoms with Crippen molar-refractivity contribution >= 4 is 5.97 Å². The van der Waals surface area contributed by atoms with Gasteiger partial charge in [0, 0.05) is 0 Å². The fraction of sp³-hybridized carbons (Fsp3) is 0.923. The topological polar surface area (TPSA) is 40.5 Å². The summed E-state index contributed by atoms with van der Waals surface area (Å²) in [6, 6.07) is -1.85. The minimum absolute atomic E-state index is 0.334. The maximum Gasteiger partial charge on any atom is 0.404 e. The van der Waals surface area contributed by atoms with E-state index >= 15 is 0 Å². The predicted molar refractivity (Wildman–Crippen MR) is 65.8 cm³/mol. The number of hydrogen-bond donors (Lipinski definition) is 1. The average molecular weight is 281 g/mol. The van der Waals surface area contributed by atoms with Crippen molar-refractivity contribution in [2.45, 2.75) is 51.7 Å². The third-order valence-electron chi connectivity index (χ3n) is 3.94. The predicted octanol–water partition coefficient (Wildman–Crippen LogP) is 3.15. The molecule has 2 atom stereocenters. The van der Waals surface area contributed by atoms with Crippen molar-refractivity contribution < 1.29 is 23.1 Å². The van der Waals surface area contributed by atoms with Crippen LogP contribution in [0.5, 0.6) is 0 Å². The zero-order valence-electron chi connectivity index (χ0n) is 11.4. The summed E-state index contributed by atoms with van der Waals surface area (Å²) in [4.78, 5) is 11.9. The highest BCUT2D eigenvalue weighted by Crippen LogP contribution is 2.31. The quantitative estimate of drug-likeness (QED) is 0.860. The molecular formula is C13H22F3NO2. The molecule has 0 saturated carbocycles. The van der Waals surface area contributed by atoms with Crippen molar-refractivity contribution in [3.05, 3.63) is 0 Å². The molecule has 0 aromatic rings. The Hall–Kier alpha value is -0.780. The lowest BCUT2D eigenvalue weighted by atomic mass is 9.89. The van der Waals surface area contributed by atoms with Crippen LogP contribution in [0, 0.1) is 11.8 Å². The van der Waals surface area contributed by atoms with E-state index in [0.29, 0.717) is 37.8 Å². The lowest BCUT2D eigenvalue weighted by Crippen LogP contribution is -2.47. The lowest BCUT2D eigenvalue weighted by Gasteiger charge is -2.31. The van der Waals surface area contributed by atoms with Crippen LogP contribution in [-0.4, -0.2) is 41.3 Å². The van der Waals surface area contributed by atoms with Crippen LogP contribution in [0.1, 0.15) is 39.5 Å². The van der Waals surface area contributed by atoms with E-state index in [0.717, 1.165) is 6.42 Å². The van der Waals surface area contributed by atoms with E-state index in [-0.39, 0.29) is 0 Å². The Balaban J connectivity index is 2.72. The smallest absolute Gasteiger partial charge is 0.404 e. The molecule has 1 aliphatic rings. The standard InChI is InChI=1S/C13H22F3NO2/c1-9(2)10-4-3-6-17(7-5-10)11(8-12(18)19)13(14,15)16/h9-11H,3-8H2,1-2H3,(H,18,19). The Labute approximate surface area is 111 Å². The zero-order chi connectivity index (χ0) is 14.6. The number of likely N-dealkylation sites (tertiary alicyclic amines) is 1. The summed E-state index contributed by atoms with van der Waals surface area (Å²) in [6.07, 6.45) is -3.00. The maximum absolute atomic E-state index is 12.9. The molecule has 1 fully saturated rings. The van der Waals surface area contributed by atoms with Crippen LogP contribution >= 0.6 is 0 Å². The van der Waals surface area contributed by atoms with Gasteiger partial charge in [-0.2, -0.15) is 13.2 Å². The Morgan fingerprint density at radius 1 is 1.32 bits per heavy atom. The summed E-state index contributed by atoms with van der Waals surface area (Å²) in [6.45, 7) is 4.83. The van der Waals surface area contributed by atoms with Crippen molar-refractivity contribution in [1.29, 1.82) is 0 Å². The Morgan fingerprint density at radius 2 is 1.95 bits per heavy atom. The van der Waals surface area contributed by atoms with Crippen molar-refractivity contribution in [2.24, 2.45) is 11.8 Å². The number of aliphatic carboxylic acids is 1. The molecule has 1 rings (SSSR count). The summed E-state index contributed by atoms with van der Waals surface area (Å²) < 4.78 is 38.8. The van der Waals surface area contributed by atoms with Gasteiger partial charge in [-0.1, -0.05) is 13.8 Å². The number of carboxylic acids is 1. The van der Waals surface area contributed by atoms with Crippen molar-refractivity contribution in [3.63, 3.8) is 0 Å². The van der Waals surface area contributed by atoms with E-state index < -0.39 is 24.6 Å². The number of nitrogens with zero attached hydrogens (tertiary/aromatic N) is 1. The summed E-state index contributed by atoms with van der Waals surface area (Å²) in [7, 11) is 0. The first kappa shape index (κ1) is 16.3. The van der Waals surface area contributed by atoms with Gasteiger partial charge in [-0.05, 0) is 44.2 Å². The molecular weight excluding hydrogens is 259 g/mol. The van der Waals surface area contributed by atoms with Gasteiger partial charge < -0.3 is 5.11 Å². The van der Waals surface area contributed by atoms with Crippen LogP contribution in [0.2, 0.25) is 0 Å². The molecule has 0 aliphatic carbocycles. The first-order chi connectivity index (χ1) is 8.71. The van der Waals surface area contributed by atoms with Gasteiger partial charge in [-0.3, -0.25) is 9.69 Å². The molecule has 0 radical (unpaired) electrons. The van der Waals surface area contributed by atoms with Crippen molar-refractivity contribution in [3.8, 4) is 0 Å². The van der Waals surface area contributed by atoms with E-state index in [9.17, 15) is 18.0 Å². The summed E-state index contributed by atoms with van der Waals surface area (Å²) in [5.41, 5.74) is 0. The van der Waals surface area contributed by atoms with E-state index in [1.165, 1.54) is 4.90 Å². The monoisotopic (exact) mass is 281 g/mol. The molecule has 112 valence electrons. The zero-order valence-corrected chi connectivity index (χ0v) is 11.4. The van der Waals surface area contributed by atoms with E-state index in [2.05, 4.69) is 13.8 Å². The number of carbonyl (C=O) groups is 1. The second-order valence-electron chi connectivity index (χ2n) is 5.63. The fourth-order valence-electron chi connectivity index (χ4n) is 2.74. The third-order valence-corrected chi connectivity index (χ3v) is 3.94. The first-order valence-electron chi connectivity index (χ1n) is 6.74. The Bertz CT molecular complexity index is 305. The van der Waals surface area contributed by atoms with Gasteiger partial charge in [0.25, 0.3) is 0 Å². The number of alkyl halides is 3. The summed E-state index contributed by atoms with van der Waals surface area (Å²) >= 11 is 0. The SMILES string of the molecule is CC(C)C1CCCN(C(CC(=O)O)C(F)(F)F)CC1. The molecule has 1 N–H and O–H groups in total. The normalized spacial score (nSPS) is 24.2. The molecule has 0 bridgehead atoms. The Morgan fingerprint density at radius 3 is 2.42 bits per heavy atom. The molecule has 2 unspecified atom stereocenters. The number of carboxylic acid groups (broad SMARTS) is 1. The second-order valence-corrected chi connectivity index (χ2v) is 5.63. The number of halogens is 3. The van der Waals surface area contributed by atoms with Gasteiger partial charge in [-0.15, -0.1) is 0 Å². The molecule has 0 amide bonds. The largest absolute Gasteiger partial charge is 0.481 e. The number of hydrogen-bond acceptors (Lipinski definition) is 2. The maximum atomic E-state index is 12.9. The van der Waals surface area contributed by atoms with Crippen LogP contribution in [0.4, 0.5) is 13.2 Å². The highest BCUT2D eigenvalue weighted by molar-refractivity contribution is 5.67. The molecule has 19 heavy (non-hydrogen) atoms. The summed E-state index contributed by atoms with van der Waals surface area (Å²) in [5, 5.41) is 8.66.